The molecule has 0 aliphatic heterocycles. The predicted octanol–water partition coefficient (Wildman–Crippen LogP) is 2.53. The quantitative estimate of drug-likeness (QED) is 0.461. The smallest absolute Gasteiger partial charge is 0.0199 e. The van der Waals surface area contributed by atoms with Gasteiger partial charge in [-0.05, 0) is 31.1 Å². The summed E-state index contributed by atoms with van der Waals surface area (Å²) in [4.78, 5) is 0. The van der Waals surface area contributed by atoms with Gasteiger partial charge in [0, 0.05) is 0 Å². The van der Waals surface area contributed by atoms with Gasteiger partial charge in [-0.2, -0.15) is 0 Å². The second-order valence-electron chi connectivity index (χ2n) is 3.22. The van der Waals surface area contributed by atoms with Gasteiger partial charge in [-0.3, -0.25) is 0 Å². The minimum absolute atomic E-state index is 0.934. The molecule has 0 aromatic carbocycles. The summed E-state index contributed by atoms with van der Waals surface area (Å²) in [6, 6.07) is 0. The van der Waals surface area contributed by atoms with Crippen molar-refractivity contribution >= 4 is 0 Å². The number of hydrogen-bond donors (Lipinski definition) is 0. The van der Waals surface area contributed by atoms with Gasteiger partial charge in [0.1, 0.15) is 0 Å². The van der Waals surface area contributed by atoms with Gasteiger partial charge in [-0.1, -0.05) is 24.3 Å². The molecule has 1 fully saturated rings. The first kappa shape index (κ1) is 5.28. The Bertz CT molecular complexity index is 165. The van der Waals surface area contributed by atoms with Crippen LogP contribution in [0.2, 0.25) is 0 Å². The second kappa shape index (κ2) is 1.73. The molecule has 0 N–H and O–H groups in total. The highest BCUT2D eigenvalue weighted by Gasteiger charge is 2.34. The molecule has 1 saturated carbocycles. The van der Waals surface area contributed by atoms with E-state index in [-0.39, 0.29) is 0 Å². The maximum atomic E-state index is 3.94. The van der Waals surface area contributed by atoms with Crippen molar-refractivity contribution in [1.82, 2.24) is 0 Å². The van der Waals surface area contributed by atoms with E-state index in [1.54, 1.807) is 0 Å². The molecule has 0 nitrogen and oxygen atoms in total. The highest BCUT2D eigenvalue weighted by Crippen LogP contribution is 2.45. The van der Waals surface area contributed by atoms with Crippen LogP contribution in [0.4, 0.5) is 0 Å². The van der Waals surface area contributed by atoms with E-state index in [1.807, 2.05) is 0 Å². The maximum absolute atomic E-state index is 3.94. The Balaban J connectivity index is 2.11. The van der Waals surface area contributed by atoms with Gasteiger partial charge in [0.25, 0.3) is 0 Å². The molecular formula is C9H12. The van der Waals surface area contributed by atoms with Crippen molar-refractivity contribution in [2.24, 2.45) is 11.8 Å². The van der Waals surface area contributed by atoms with E-state index in [2.05, 4.69) is 18.7 Å². The van der Waals surface area contributed by atoms with Gasteiger partial charge in [0.05, 0.1) is 0 Å². The van der Waals surface area contributed by atoms with Crippen LogP contribution in [0.1, 0.15) is 19.3 Å². The van der Waals surface area contributed by atoms with Gasteiger partial charge in [-0.15, -0.1) is 0 Å². The summed E-state index contributed by atoms with van der Waals surface area (Å²) in [6.07, 6.45) is 8.61. The van der Waals surface area contributed by atoms with Gasteiger partial charge in [0.15, 0.2) is 0 Å². The summed E-state index contributed by atoms with van der Waals surface area (Å²) in [5.74, 6) is 1.96. The first-order valence-electron chi connectivity index (χ1n) is 3.72. The Labute approximate surface area is 56.3 Å². The second-order valence-corrected chi connectivity index (χ2v) is 3.22. The van der Waals surface area contributed by atoms with Crippen molar-refractivity contribution < 1.29 is 0 Å². The largest absolute Gasteiger partial charge is 0.0958 e. The summed E-state index contributed by atoms with van der Waals surface area (Å²) in [5.41, 5.74) is 1.32. The maximum Gasteiger partial charge on any atom is -0.0199 e. The van der Waals surface area contributed by atoms with Crippen LogP contribution in [0.15, 0.2) is 24.3 Å². The molecule has 0 heterocycles. The van der Waals surface area contributed by atoms with E-state index in [0.717, 1.165) is 11.8 Å². The van der Waals surface area contributed by atoms with Crippen molar-refractivity contribution in [3.05, 3.63) is 24.3 Å². The lowest BCUT2D eigenvalue weighted by atomic mass is 10.1. The first-order chi connectivity index (χ1) is 4.36. The summed E-state index contributed by atoms with van der Waals surface area (Å²) in [7, 11) is 0. The molecular weight excluding hydrogens is 108 g/mol. The van der Waals surface area contributed by atoms with Crippen molar-refractivity contribution in [3.63, 3.8) is 0 Å². The van der Waals surface area contributed by atoms with Gasteiger partial charge >= 0.3 is 0 Å². The van der Waals surface area contributed by atoms with Crippen molar-refractivity contribution in [2.75, 3.05) is 0 Å². The minimum atomic E-state index is 0.934. The number of allylic oxidation sites excluding steroid dienone is 3. The van der Waals surface area contributed by atoms with Gasteiger partial charge in [0.2, 0.25) is 0 Å². The zero-order valence-corrected chi connectivity index (χ0v) is 5.64. The average molecular weight is 120 g/mol. The zero-order chi connectivity index (χ0) is 6.27. The Morgan fingerprint density at radius 2 is 2.44 bits per heavy atom. The highest BCUT2D eigenvalue weighted by atomic mass is 14.4. The molecule has 2 aliphatic rings. The standard InChI is InChI=1S/C9H12/c1-7-2-4-8-6-9(8)5-3-7/h2,4,8-9H,1,3,5-6H2/t8-,9+/m1/s1. The fourth-order valence-corrected chi connectivity index (χ4v) is 1.55. The third-order valence-corrected chi connectivity index (χ3v) is 2.39. The van der Waals surface area contributed by atoms with Crippen LogP contribution in [0.25, 0.3) is 0 Å². The molecule has 0 spiro atoms. The molecule has 0 amide bonds. The fraction of sp³-hybridized carbons (Fsp3) is 0.556. The molecule has 2 aliphatic carbocycles. The Kier molecular flexibility index (Phi) is 1.01. The molecule has 0 radical (unpaired) electrons. The number of fused-ring (bicyclic) bond motifs is 1. The lowest BCUT2D eigenvalue weighted by Gasteiger charge is -1.93. The average Bonchev–Trinajstić information content (AvgIpc) is 2.54. The van der Waals surface area contributed by atoms with Crippen LogP contribution in [0.5, 0.6) is 0 Å². The van der Waals surface area contributed by atoms with Crippen LogP contribution in [0, 0.1) is 11.8 Å². The molecule has 0 heteroatoms. The molecule has 0 unspecified atom stereocenters. The monoisotopic (exact) mass is 120 g/mol. The molecule has 0 bridgehead atoms. The lowest BCUT2D eigenvalue weighted by molar-refractivity contribution is 0.709. The molecule has 2 rings (SSSR count). The van der Waals surface area contributed by atoms with Gasteiger partial charge in [-0.25, -0.2) is 0 Å². The van der Waals surface area contributed by atoms with E-state index < -0.39 is 0 Å². The summed E-state index contributed by atoms with van der Waals surface area (Å²) in [6.45, 7) is 3.94. The highest BCUT2D eigenvalue weighted by molar-refractivity contribution is 5.21. The van der Waals surface area contributed by atoms with Crippen LogP contribution in [-0.2, 0) is 0 Å². The van der Waals surface area contributed by atoms with Crippen LogP contribution in [0.3, 0.4) is 0 Å². The molecule has 2 atom stereocenters. The van der Waals surface area contributed by atoms with Crippen LogP contribution >= 0.6 is 0 Å². The van der Waals surface area contributed by atoms with E-state index in [9.17, 15) is 0 Å². The third-order valence-electron chi connectivity index (χ3n) is 2.39. The summed E-state index contributed by atoms with van der Waals surface area (Å²) >= 11 is 0. The van der Waals surface area contributed by atoms with E-state index in [1.165, 1.54) is 24.8 Å². The van der Waals surface area contributed by atoms with Crippen molar-refractivity contribution in [1.29, 1.82) is 0 Å². The molecule has 0 aromatic heterocycles. The van der Waals surface area contributed by atoms with E-state index >= 15 is 0 Å². The number of rotatable bonds is 0. The van der Waals surface area contributed by atoms with E-state index in [4.69, 9.17) is 0 Å². The van der Waals surface area contributed by atoms with Crippen molar-refractivity contribution in [2.45, 2.75) is 19.3 Å². The SMILES string of the molecule is C=C1C=C[C@@H]2C[C@@H]2CC1. The van der Waals surface area contributed by atoms with Crippen LogP contribution in [-0.4, -0.2) is 0 Å². The lowest BCUT2D eigenvalue weighted by Crippen LogP contribution is -1.77. The number of hydrogen-bond acceptors (Lipinski definition) is 0. The zero-order valence-electron chi connectivity index (χ0n) is 5.64. The molecule has 0 aromatic rings. The Morgan fingerprint density at radius 3 is 3.33 bits per heavy atom. The predicted molar refractivity (Wildman–Crippen MR) is 39.1 cm³/mol. The fourth-order valence-electron chi connectivity index (χ4n) is 1.55. The van der Waals surface area contributed by atoms with Gasteiger partial charge < -0.3 is 0 Å². The Morgan fingerprint density at radius 1 is 1.56 bits per heavy atom. The minimum Gasteiger partial charge on any atom is -0.0958 e. The van der Waals surface area contributed by atoms with Crippen molar-refractivity contribution in [3.8, 4) is 0 Å². The normalized spacial score (nSPS) is 39.8. The van der Waals surface area contributed by atoms with E-state index in [0.29, 0.717) is 0 Å². The molecule has 9 heavy (non-hydrogen) atoms. The molecule has 0 saturated heterocycles. The molecule has 48 valence electrons. The third kappa shape index (κ3) is 0.937. The van der Waals surface area contributed by atoms with Crippen LogP contribution < -0.4 is 0 Å². The topological polar surface area (TPSA) is 0 Å². The Hall–Kier alpha value is -0.520. The first-order valence-corrected chi connectivity index (χ1v) is 3.72. The summed E-state index contributed by atoms with van der Waals surface area (Å²) < 4.78 is 0. The summed E-state index contributed by atoms with van der Waals surface area (Å²) in [5, 5.41) is 0.